The number of rotatable bonds is 7. The molecule has 2 aromatic carbocycles. The zero-order chi connectivity index (χ0) is 18.2. The van der Waals surface area contributed by atoms with E-state index in [1.54, 1.807) is 18.2 Å². The van der Waals surface area contributed by atoms with Crippen molar-refractivity contribution in [3.05, 3.63) is 70.8 Å². The van der Waals surface area contributed by atoms with Crippen LogP contribution in [0.2, 0.25) is 0 Å². The highest BCUT2D eigenvalue weighted by Gasteiger charge is 2.08. The molecule has 0 heterocycles. The lowest BCUT2D eigenvalue weighted by molar-refractivity contribution is 0.1000. The molecule has 5 nitrogen and oxygen atoms in total. The molecule has 4 N–H and O–H groups in total. The van der Waals surface area contributed by atoms with E-state index in [0.29, 0.717) is 18.5 Å². The van der Waals surface area contributed by atoms with E-state index in [2.05, 4.69) is 10.6 Å². The summed E-state index contributed by atoms with van der Waals surface area (Å²) in [6, 6.07) is 10.1. The summed E-state index contributed by atoms with van der Waals surface area (Å²) in [4.78, 5) is 22.8. The molecule has 0 radical (unpaired) electrons. The van der Waals surface area contributed by atoms with Crippen LogP contribution in [-0.2, 0) is 12.8 Å². The summed E-state index contributed by atoms with van der Waals surface area (Å²) in [6.07, 6.45) is 0.586. The standard InChI is InChI=1S/C18H19F2N3O2/c19-15-5-2-6-16(20)14(15)8-10-23-18(25)22-9-7-12-3-1-4-13(11-12)17(21)24/h1-6,11H,7-10H2,(H2,21,24)(H2,22,23,25). The minimum atomic E-state index is -0.628. The zero-order valence-electron chi connectivity index (χ0n) is 13.5. The van der Waals surface area contributed by atoms with Crippen LogP contribution in [0, 0.1) is 11.6 Å². The van der Waals surface area contributed by atoms with E-state index in [4.69, 9.17) is 5.73 Å². The van der Waals surface area contributed by atoms with Crippen LogP contribution in [0.1, 0.15) is 21.5 Å². The monoisotopic (exact) mass is 347 g/mol. The second-order valence-corrected chi connectivity index (χ2v) is 5.45. The third-order valence-electron chi connectivity index (χ3n) is 3.63. The number of benzene rings is 2. The van der Waals surface area contributed by atoms with Crippen molar-refractivity contribution in [2.45, 2.75) is 12.8 Å². The van der Waals surface area contributed by atoms with Crippen LogP contribution in [0.5, 0.6) is 0 Å². The molecule has 0 aliphatic carbocycles. The number of hydrogen-bond acceptors (Lipinski definition) is 2. The number of amides is 3. The number of nitrogens with one attached hydrogen (secondary N) is 2. The molecule has 7 heteroatoms. The topological polar surface area (TPSA) is 84.2 Å². The van der Waals surface area contributed by atoms with Gasteiger partial charge in [-0.1, -0.05) is 18.2 Å². The fraction of sp³-hybridized carbons (Fsp3) is 0.222. The quantitative estimate of drug-likeness (QED) is 0.717. The smallest absolute Gasteiger partial charge is 0.314 e. The molecule has 0 fully saturated rings. The van der Waals surface area contributed by atoms with Crippen molar-refractivity contribution in [1.29, 1.82) is 0 Å². The van der Waals surface area contributed by atoms with Gasteiger partial charge in [-0.2, -0.15) is 0 Å². The van der Waals surface area contributed by atoms with Crippen molar-refractivity contribution in [2.24, 2.45) is 5.73 Å². The third kappa shape index (κ3) is 5.56. The Bertz CT molecular complexity index is 745. The molecular weight excluding hydrogens is 328 g/mol. The van der Waals surface area contributed by atoms with E-state index < -0.39 is 23.6 Å². The van der Waals surface area contributed by atoms with Gasteiger partial charge in [-0.05, 0) is 42.7 Å². The van der Waals surface area contributed by atoms with Crippen LogP contribution in [0.15, 0.2) is 42.5 Å². The van der Waals surface area contributed by atoms with Gasteiger partial charge in [-0.25, -0.2) is 13.6 Å². The molecular formula is C18H19F2N3O2. The molecule has 0 saturated carbocycles. The predicted octanol–water partition coefficient (Wildman–Crippen LogP) is 2.15. The Morgan fingerprint density at radius 2 is 1.52 bits per heavy atom. The van der Waals surface area contributed by atoms with E-state index in [1.165, 1.54) is 18.2 Å². The maximum absolute atomic E-state index is 13.5. The van der Waals surface area contributed by atoms with Gasteiger partial charge in [0, 0.05) is 24.2 Å². The first-order chi connectivity index (χ1) is 12.0. The molecule has 0 aromatic heterocycles. The summed E-state index contributed by atoms with van der Waals surface area (Å²) < 4.78 is 26.9. The molecule has 2 rings (SSSR count). The zero-order valence-corrected chi connectivity index (χ0v) is 13.5. The minimum Gasteiger partial charge on any atom is -0.366 e. The molecule has 3 amide bonds. The predicted molar refractivity (Wildman–Crippen MR) is 90.1 cm³/mol. The summed E-state index contributed by atoms with van der Waals surface area (Å²) in [5.41, 5.74) is 6.44. The number of carbonyl (C=O) groups excluding carboxylic acids is 2. The summed E-state index contributed by atoms with van der Waals surface area (Å²) in [5.74, 6) is -1.76. The lowest BCUT2D eigenvalue weighted by Gasteiger charge is -2.09. The van der Waals surface area contributed by atoms with Crippen LogP contribution < -0.4 is 16.4 Å². The Labute approximate surface area is 144 Å². The Kier molecular flexibility index (Phi) is 6.45. The maximum atomic E-state index is 13.5. The van der Waals surface area contributed by atoms with Gasteiger partial charge < -0.3 is 16.4 Å². The van der Waals surface area contributed by atoms with E-state index in [1.807, 2.05) is 6.07 Å². The van der Waals surface area contributed by atoms with Gasteiger partial charge in [0.05, 0.1) is 0 Å². The van der Waals surface area contributed by atoms with E-state index in [9.17, 15) is 18.4 Å². The summed E-state index contributed by atoms with van der Waals surface area (Å²) in [5, 5.41) is 5.19. The van der Waals surface area contributed by atoms with Crippen LogP contribution in [0.3, 0.4) is 0 Å². The first-order valence-corrected chi connectivity index (χ1v) is 7.80. The Morgan fingerprint density at radius 1 is 0.920 bits per heavy atom. The number of nitrogens with two attached hydrogens (primary N) is 1. The normalized spacial score (nSPS) is 10.3. The molecule has 0 unspecified atom stereocenters. The average Bonchev–Trinajstić information content (AvgIpc) is 2.58. The third-order valence-corrected chi connectivity index (χ3v) is 3.63. The fourth-order valence-electron chi connectivity index (χ4n) is 2.34. The highest BCUT2D eigenvalue weighted by atomic mass is 19.1. The van der Waals surface area contributed by atoms with E-state index in [0.717, 1.165) is 5.56 Å². The molecule has 0 aliphatic heterocycles. The van der Waals surface area contributed by atoms with Crippen molar-refractivity contribution >= 4 is 11.9 Å². The molecule has 25 heavy (non-hydrogen) atoms. The number of urea groups is 1. The summed E-state index contributed by atoms with van der Waals surface area (Å²) >= 11 is 0. The van der Waals surface area contributed by atoms with Gasteiger partial charge in [-0.15, -0.1) is 0 Å². The molecule has 2 aromatic rings. The first kappa shape index (κ1) is 18.4. The Morgan fingerprint density at radius 3 is 2.16 bits per heavy atom. The molecule has 0 spiro atoms. The lowest BCUT2D eigenvalue weighted by atomic mass is 10.1. The van der Waals surface area contributed by atoms with Crippen molar-refractivity contribution in [1.82, 2.24) is 10.6 Å². The van der Waals surface area contributed by atoms with E-state index in [-0.39, 0.29) is 18.5 Å². The largest absolute Gasteiger partial charge is 0.366 e. The van der Waals surface area contributed by atoms with Crippen LogP contribution in [-0.4, -0.2) is 25.0 Å². The van der Waals surface area contributed by atoms with Gasteiger partial charge in [0.1, 0.15) is 11.6 Å². The van der Waals surface area contributed by atoms with Gasteiger partial charge >= 0.3 is 6.03 Å². The molecule has 0 bridgehead atoms. The maximum Gasteiger partial charge on any atom is 0.314 e. The number of halogens is 2. The number of carbonyl (C=O) groups is 2. The van der Waals surface area contributed by atoms with Gasteiger partial charge in [0.2, 0.25) is 5.91 Å². The second-order valence-electron chi connectivity index (χ2n) is 5.45. The highest BCUT2D eigenvalue weighted by molar-refractivity contribution is 5.92. The summed E-state index contributed by atoms with van der Waals surface area (Å²) in [7, 11) is 0. The summed E-state index contributed by atoms with van der Waals surface area (Å²) in [6.45, 7) is 0.461. The van der Waals surface area contributed by atoms with Crippen LogP contribution in [0.4, 0.5) is 13.6 Å². The van der Waals surface area contributed by atoms with Crippen LogP contribution in [0.25, 0.3) is 0 Å². The molecule has 0 aliphatic rings. The van der Waals surface area contributed by atoms with Crippen molar-refractivity contribution in [2.75, 3.05) is 13.1 Å². The van der Waals surface area contributed by atoms with Crippen molar-refractivity contribution in [3.8, 4) is 0 Å². The highest BCUT2D eigenvalue weighted by Crippen LogP contribution is 2.12. The van der Waals surface area contributed by atoms with Crippen LogP contribution >= 0.6 is 0 Å². The van der Waals surface area contributed by atoms with E-state index >= 15 is 0 Å². The lowest BCUT2D eigenvalue weighted by Crippen LogP contribution is -2.37. The SMILES string of the molecule is NC(=O)c1cccc(CCNC(=O)NCCc2c(F)cccc2F)c1. The van der Waals surface area contributed by atoms with Crippen molar-refractivity contribution < 1.29 is 18.4 Å². The molecule has 0 atom stereocenters. The Hall–Kier alpha value is -2.96. The van der Waals surface area contributed by atoms with Gasteiger partial charge in [-0.3, -0.25) is 4.79 Å². The average molecular weight is 347 g/mol. The Balaban J connectivity index is 1.72. The second kappa shape index (κ2) is 8.77. The number of hydrogen-bond donors (Lipinski definition) is 3. The number of primary amides is 1. The van der Waals surface area contributed by atoms with Crippen molar-refractivity contribution in [3.63, 3.8) is 0 Å². The molecule has 132 valence electrons. The minimum absolute atomic E-state index is 0.0499. The molecule has 0 saturated heterocycles. The first-order valence-electron chi connectivity index (χ1n) is 7.80. The fourth-order valence-corrected chi connectivity index (χ4v) is 2.34. The van der Waals surface area contributed by atoms with Gasteiger partial charge in [0.25, 0.3) is 0 Å². The van der Waals surface area contributed by atoms with Gasteiger partial charge in [0.15, 0.2) is 0 Å².